The Morgan fingerprint density at radius 2 is 2.06 bits per heavy atom. The molecule has 2 N–H and O–H groups in total. The summed E-state index contributed by atoms with van der Waals surface area (Å²) in [6.45, 7) is 4.80. The normalized spacial score (nSPS) is 16.1. The summed E-state index contributed by atoms with van der Waals surface area (Å²) < 4.78 is 40.9. The van der Waals surface area contributed by atoms with Gasteiger partial charge in [0, 0.05) is 32.9 Å². The molecule has 1 aliphatic heterocycles. The molecule has 1 atom stereocenters. The van der Waals surface area contributed by atoms with Crippen molar-refractivity contribution in [3.63, 3.8) is 0 Å². The third-order valence-corrected chi connectivity index (χ3v) is 7.58. The molecule has 4 heterocycles. The summed E-state index contributed by atoms with van der Waals surface area (Å²) in [5.41, 5.74) is 0.325. The average Bonchev–Trinajstić information content (AvgIpc) is 3.50. The fourth-order valence-electron chi connectivity index (χ4n) is 3.56. The summed E-state index contributed by atoms with van der Waals surface area (Å²) in [4.78, 5) is 15.2. The number of thiophene rings is 1. The molecule has 0 radical (unpaired) electrons. The number of amides is 1. The minimum absolute atomic E-state index is 0.0689. The number of ether oxygens (including phenoxy) is 1. The second-order valence-corrected chi connectivity index (χ2v) is 10.0. The highest BCUT2D eigenvalue weighted by Crippen LogP contribution is 2.26. The molecule has 0 saturated carbocycles. The topological polar surface area (TPSA) is 119 Å². The van der Waals surface area contributed by atoms with Gasteiger partial charge in [-0.1, -0.05) is 0 Å². The quantitative estimate of drug-likeness (QED) is 0.507. The first-order chi connectivity index (χ1) is 15.3. The fraction of sp³-hybridized carbons (Fsp3) is 0.400. The second kappa shape index (κ2) is 9.45. The molecule has 12 heteroatoms. The summed E-state index contributed by atoms with van der Waals surface area (Å²) in [5, 5.41) is 8.43. The molecule has 0 unspecified atom stereocenters. The molecule has 0 bridgehead atoms. The maximum absolute atomic E-state index is 13.0. The van der Waals surface area contributed by atoms with E-state index in [0.717, 1.165) is 22.9 Å². The van der Waals surface area contributed by atoms with Crippen molar-refractivity contribution in [3.05, 3.63) is 52.4 Å². The lowest BCUT2D eigenvalue weighted by Crippen LogP contribution is -2.43. The average molecular weight is 480 g/mol. The molecule has 0 aliphatic carbocycles. The lowest BCUT2D eigenvalue weighted by atomic mass is 10.1. The summed E-state index contributed by atoms with van der Waals surface area (Å²) in [6.07, 6.45) is 2.95. The van der Waals surface area contributed by atoms with Crippen molar-refractivity contribution in [1.29, 1.82) is 0 Å². The highest BCUT2D eigenvalue weighted by molar-refractivity contribution is 7.93. The first-order valence-corrected chi connectivity index (χ1v) is 12.4. The van der Waals surface area contributed by atoms with E-state index >= 15 is 0 Å². The Balaban J connectivity index is 1.49. The van der Waals surface area contributed by atoms with Crippen molar-refractivity contribution >= 4 is 33.0 Å². The van der Waals surface area contributed by atoms with Gasteiger partial charge >= 0.3 is 0 Å². The minimum atomic E-state index is -3.94. The highest BCUT2D eigenvalue weighted by Gasteiger charge is 2.28. The van der Waals surface area contributed by atoms with Gasteiger partial charge in [0.05, 0.1) is 31.1 Å². The standard InChI is InChI=1S/C20H25N5O5S2/c1-14-3-4-17(30-14)16(25-6-8-29-9-7-25)12-21-20(26)19-18(5-10-31-19)32(27,28)23-15-11-22-24(2)13-15/h3-5,10-11,13,16,23H,6-9,12H2,1-2H3,(H,21,26)/t16-/m0/s1. The molecule has 10 nitrogen and oxygen atoms in total. The van der Waals surface area contributed by atoms with Gasteiger partial charge in [0.25, 0.3) is 15.9 Å². The van der Waals surface area contributed by atoms with Crippen LogP contribution < -0.4 is 10.0 Å². The molecule has 1 amide bonds. The third kappa shape index (κ3) is 5.04. The number of anilines is 1. The van der Waals surface area contributed by atoms with Gasteiger partial charge < -0.3 is 14.5 Å². The van der Waals surface area contributed by atoms with Crippen LogP contribution in [0.3, 0.4) is 0 Å². The van der Waals surface area contributed by atoms with Crippen molar-refractivity contribution < 1.29 is 22.4 Å². The number of nitrogens with zero attached hydrogens (tertiary/aromatic N) is 3. The number of hydrogen-bond acceptors (Lipinski definition) is 8. The van der Waals surface area contributed by atoms with Crippen molar-refractivity contribution in [2.45, 2.75) is 17.9 Å². The van der Waals surface area contributed by atoms with Crippen molar-refractivity contribution in [3.8, 4) is 0 Å². The van der Waals surface area contributed by atoms with Gasteiger partial charge in [-0.2, -0.15) is 5.10 Å². The van der Waals surface area contributed by atoms with Crippen LogP contribution in [0.4, 0.5) is 5.69 Å². The Labute approximate surface area is 190 Å². The van der Waals surface area contributed by atoms with Gasteiger partial charge in [0.2, 0.25) is 0 Å². The van der Waals surface area contributed by atoms with Crippen LogP contribution in [-0.2, 0) is 21.8 Å². The molecule has 3 aromatic rings. The number of rotatable bonds is 8. The molecule has 1 aliphatic rings. The Morgan fingerprint density at radius 1 is 1.28 bits per heavy atom. The number of hydrogen-bond donors (Lipinski definition) is 2. The van der Waals surface area contributed by atoms with Gasteiger partial charge in [-0.15, -0.1) is 11.3 Å². The number of morpholine rings is 1. The Morgan fingerprint density at radius 3 is 2.72 bits per heavy atom. The summed E-state index contributed by atoms with van der Waals surface area (Å²) in [7, 11) is -2.25. The second-order valence-electron chi connectivity index (χ2n) is 7.44. The van der Waals surface area contributed by atoms with E-state index in [0.29, 0.717) is 32.0 Å². The van der Waals surface area contributed by atoms with Gasteiger partial charge in [-0.3, -0.25) is 19.1 Å². The molecule has 1 fully saturated rings. The zero-order valence-electron chi connectivity index (χ0n) is 17.8. The Kier molecular flexibility index (Phi) is 6.65. The van der Waals surface area contributed by atoms with Crippen LogP contribution in [0.25, 0.3) is 0 Å². The smallest absolute Gasteiger partial charge is 0.263 e. The zero-order valence-corrected chi connectivity index (χ0v) is 19.4. The lowest BCUT2D eigenvalue weighted by Gasteiger charge is -2.33. The van der Waals surface area contributed by atoms with Gasteiger partial charge in [-0.05, 0) is 30.5 Å². The number of sulfonamides is 1. The van der Waals surface area contributed by atoms with Crippen LogP contribution in [0.2, 0.25) is 0 Å². The van der Waals surface area contributed by atoms with Crippen LogP contribution in [0.15, 0.2) is 45.3 Å². The van der Waals surface area contributed by atoms with Crippen LogP contribution in [-0.4, -0.2) is 61.9 Å². The van der Waals surface area contributed by atoms with Gasteiger partial charge in [0.1, 0.15) is 21.3 Å². The maximum atomic E-state index is 13.0. The van der Waals surface area contributed by atoms with Crippen LogP contribution in [0.1, 0.15) is 27.2 Å². The molecule has 4 rings (SSSR count). The number of carbonyl (C=O) groups excluding carboxylic acids is 1. The number of nitrogens with one attached hydrogen (secondary N) is 2. The molecule has 3 aromatic heterocycles. The molecule has 0 aromatic carbocycles. The van der Waals surface area contributed by atoms with Crippen LogP contribution in [0, 0.1) is 6.92 Å². The Bertz CT molecular complexity index is 1180. The van der Waals surface area contributed by atoms with Gasteiger partial charge in [-0.25, -0.2) is 8.42 Å². The third-order valence-electron chi connectivity index (χ3n) is 5.11. The molecule has 0 spiro atoms. The molecule has 172 valence electrons. The van der Waals surface area contributed by atoms with E-state index in [2.05, 4.69) is 20.0 Å². The SMILES string of the molecule is Cc1ccc([C@H](CNC(=O)c2sccc2S(=O)(=O)Nc2cnn(C)c2)N2CCOCC2)o1. The van der Waals surface area contributed by atoms with E-state index in [1.807, 2.05) is 19.1 Å². The predicted octanol–water partition coefficient (Wildman–Crippen LogP) is 1.99. The molecular weight excluding hydrogens is 454 g/mol. The van der Waals surface area contributed by atoms with E-state index in [4.69, 9.17) is 9.15 Å². The summed E-state index contributed by atoms with van der Waals surface area (Å²) in [5.74, 6) is 1.09. The van der Waals surface area contributed by atoms with Crippen molar-refractivity contribution in [2.24, 2.45) is 7.05 Å². The molecule has 1 saturated heterocycles. The Hall–Kier alpha value is -2.67. The monoisotopic (exact) mass is 479 g/mol. The van der Waals surface area contributed by atoms with E-state index in [1.165, 1.54) is 16.9 Å². The largest absolute Gasteiger partial charge is 0.465 e. The van der Waals surface area contributed by atoms with Crippen molar-refractivity contribution in [1.82, 2.24) is 20.0 Å². The lowest BCUT2D eigenvalue weighted by molar-refractivity contribution is 0.0117. The van der Waals surface area contributed by atoms with E-state index in [-0.39, 0.29) is 22.4 Å². The molecular formula is C20H25N5O5S2. The zero-order chi connectivity index (χ0) is 22.7. The van der Waals surface area contributed by atoms with Gasteiger partial charge in [0.15, 0.2) is 0 Å². The number of aryl methyl sites for hydroxylation is 2. The van der Waals surface area contributed by atoms with E-state index in [1.54, 1.807) is 18.6 Å². The summed E-state index contributed by atoms with van der Waals surface area (Å²) in [6, 6.07) is 5.04. The number of furan rings is 1. The van der Waals surface area contributed by atoms with E-state index in [9.17, 15) is 13.2 Å². The summed E-state index contributed by atoms with van der Waals surface area (Å²) >= 11 is 1.08. The first-order valence-electron chi connectivity index (χ1n) is 10.1. The predicted molar refractivity (Wildman–Crippen MR) is 119 cm³/mol. The fourth-order valence-corrected chi connectivity index (χ4v) is 5.93. The minimum Gasteiger partial charge on any atom is -0.465 e. The van der Waals surface area contributed by atoms with Crippen LogP contribution >= 0.6 is 11.3 Å². The first kappa shape index (κ1) is 22.5. The van der Waals surface area contributed by atoms with E-state index < -0.39 is 15.9 Å². The number of carbonyl (C=O) groups is 1. The maximum Gasteiger partial charge on any atom is 0.263 e. The van der Waals surface area contributed by atoms with Crippen molar-refractivity contribution in [2.75, 3.05) is 37.6 Å². The van der Waals surface area contributed by atoms with Crippen LogP contribution in [0.5, 0.6) is 0 Å². The molecule has 32 heavy (non-hydrogen) atoms. The number of aromatic nitrogens is 2. The highest BCUT2D eigenvalue weighted by atomic mass is 32.2.